The maximum Gasteiger partial charge on any atom is 0.211 e. The number of aryl methyl sites for hydroxylation is 1. The molecule has 0 radical (unpaired) electrons. The Kier molecular flexibility index (Phi) is 6.23. The largest absolute Gasteiger partial charge is 0.303 e. The van der Waals surface area contributed by atoms with E-state index in [-0.39, 0.29) is 0 Å². The molecule has 1 saturated heterocycles. The maximum absolute atomic E-state index is 11.7. The summed E-state index contributed by atoms with van der Waals surface area (Å²) in [6, 6.07) is 9.17. The number of piperidine rings is 1. The van der Waals surface area contributed by atoms with Crippen molar-refractivity contribution >= 4 is 10.0 Å². The lowest BCUT2D eigenvalue weighted by molar-refractivity contribution is 0.170. The van der Waals surface area contributed by atoms with Crippen molar-refractivity contribution in [3.63, 3.8) is 0 Å². The van der Waals surface area contributed by atoms with E-state index in [0.29, 0.717) is 25.0 Å². The summed E-state index contributed by atoms with van der Waals surface area (Å²) in [5.41, 5.74) is 2.65. The highest BCUT2D eigenvalue weighted by molar-refractivity contribution is 7.88. The van der Waals surface area contributed by atoms with Gasteiger partial charge in [-0.2, -0.15) is 0 Å². The Morgan fingerprint density at radius 1 is 1.30 bits per heavy atom. The second kappa shape index (κ2) is 7.77. The predicted molar refractivity (Wildman–Crippen MR) is 96.1 cm³/mol. The zero-order chi connectivity index (χ0) is 17.0. The lowest BCUT2D eigenvalue weighted by Crippen LogP contribution is -2.44. The number of nitrogens with zero attached hydrogens (tertiary/aromatic N) is 2. The van der Waals surface area contributed by atoms with Crippen LogP contribution in [0.2, 0.25) is 0 Å². The molecule has 1 heterocycles. The van der Waals surface area contributed by atoms with Gasteiger partial charge in [-0.15, -0.1) is 0 Å². The fourth-order valence-electron chi connectivity index (χ4n) is 3.29. The molecule has 0 amide bonds. The second-order valence-electron chi connectivity index (χ2n) is 7.11. The highest BCUT2D eigenvalue weighted by atomic mass is 32.2. The van der Waals surface area contributed by atoms with Gasteiger partial charge in [-0.25, -0.2) is 12.7 Å². The van der Waals surface area contributed by atoms with Crippen LogP contribution in [0.5, 0.6) is 0 Å². The van der Waals surface area contributed by atoms with Gasteiger partial charge < -0.3 is 4.90 Å². The van der Waals surface area contributed by atoms with Crippen molar-refractivity contribution in [1.29, 1.82) is 0 Å². The molecular weight excluding hydrogens is 308 g/mol. The monoisotopic (exact) mass is 338 g/mol. The van der Waals surface area contributed by atoms with E-state index in [2.05, 4.69) is 50.1 Å². The molecule has 1 aliphatic heterocycles. The molecule has 0 unspecified atom stereocenters. The second-order valence-corrected chi connectivity index (χ2v) is 9.09. The van der Waals surface area contributed by atoms with E-state index < -0.39 is 10.0 Å². The average Bonchev–Trinajstić information content (AvgIpc) is 2.49. The molecule has 1 aromatic rings. The van der Waals surface area contributed by atoms with E-state index in [1.165, 1.54) is 17.4 Å². The fourth-order valence-corrected chi connectivity index (χ4v) is 4.23. The van der Waals surface area contributed by atoms with Crippen molar-refractivity contribution in [1.82, 2.24) is 9.21 Å². The topological polar surface area (TPSA) is 40.6 Å². The van der Waals surface area contributed by atoms with Gasteiger partial charge >= 0.3 is 0 Å². The Bertz CT molecular complexity index is 598. The molecular formula is C18H30N2O2S. The van der Waals surface area contributed by atoms with Crippen LogP contribution >= 0.6 is 0 Å². The number of rotatable bonds is 6. The minimum atomic E-state index is -3.05. The van der Waals surface area contributed by atoms with Gasteiger partial charge in [0.15, 0.2) is 0 Å². The first-order valence-electron chi connectivity index (χ1n) is 8.46. The van der Waals surface area contributed by atoms with E-state index in [1.807, 2.05) is 0 Å². The maximum atomic E-state index is 11.7. The summed E-state index contributed by atoms with van der Waals surface area (Å²) in [6.07, 6.45) is 4.43. The molecule has 4 nitrogen and oxygen atoms in total. The molecule has 0 spiro atoms. The zero-order valence-corrected chi connectivity index (χ0v) is 15.6. The number of likely N-dealkylation sites (N-methyl/N-ethyl adjacent to an activating group) is 1. The molecule has 2 atom stereocenters. The van der Waals surface area contributed by atoms with Crippen molar-refractivity contribution in [3.8, 4) is 0 Å². The quantitative estimate of drug-likeness (QED) is 0.800. The van der Waals surface area contributed by atoms with Crippen LogP contribution in [0.1, 0.15) is 30.9 Å². The minimum absolute atomic E-state index is 0.434. The van der Waals surface area contributed by atoms with Crippen LogP contribution < -0.4 is 0 Å². The zero-order valence-electron chi connectivity index (χ0n) is 14.8. The Morgan fingerprint density at radius 3 is 2.57 bits per heavy atom. The molecule has 0 bridgehead atoms. The SMILES string of the molecule is Cc1ccc(C[C@@H](C)N(C)C[C@@H]2CCCN(S(C)(=O)=O)C2)cc1. The van der Waals surface area contributed by atoms with E-state index >= 15 is 0 Å². The summed E-state index contributed by atoms with van der Waals surface area (Å²) >= 11 is 0. The minimum Gasteiger partial charge on any atom is -0.303 e. The van der Waals surface area contributed by atoms with Crippen molar-refractivity contribution < 1.29 is 8.42 Å². The molecule has 1 fully saturated rings. The summed E-state index contributed by atoms with van der Waals surface area (Å²) in [4.78, 5) is 2.37. The van der Waals surface area contributed by atoms with Gasteiger partial charge in [-0.3, -0.25) is 0 Å². The Hall–Kier alpha value is -0.910. The third-order valence-corrected chi connectivity index (χ3v) is 6.17. The van der Waals surface area contributed by atoms with Crippen LogP contribution in [0, 0.1) is 12.8 Å². The summed E-state index contributed by atoms with van der Waals surface area (Å²) in [5, 5.41) is 0. The molecule has 5 heteroatoms. The first-order valence-corrected chi connectivity index (χ1v) is 10.3. The molecule has 2 rings (SSSR count). The highest BCUT2D eigenvalue weighted by Crippen LogP contribution is 2.20. The third-order valence-electron chi connectivity index (χ3n) is 4.90. The van der Waals surface area contributed by atoms with Gasteiger partial charge in [0.25, 0.3) is 0 Å². The van der Waals surface area contributed by atoms with E-state index in [0.717, 1.165) is 25.8 Å². The van der Waals surface area contributed by atoms with Gasteiger partial charge in [0.1, 0.15) is 0 Å². The van der Waals surface area contributed by atoms with Crippen LogP contribution in [0.4, 0.5) is 0 Å². The third kappa shape index (κ3) is 5.59. The Morgan fingerprint density at radius 2 is 1.96 bits per heavy atom. The number of sulfonamides is 1. The van der Waals surface area contributed by atoms with Gasteiger partial charge in [0.05, 0.1) is 6.26 Å². The van der Waals surface area contributed by atoms with Crippen LogP contribution in [0.3, 0.4) is 0 Å². The lowest BCUT2D eigenvalue weighted by atomic mass is 9.97. The molecule has 0 N–H and O–H groups in total. The fraction of sp³-hybridized carbons (Fsp3) is 0.667. The summed E-state index contributed by atoms with van der Waals surface area (Å²) in [6.45, 7) is 6.66. The Labute approximate surface area is 141 Å². The van der Waals surface area contributed by atoms with Crippen LogP contribution in [-0.4, -0.2) is 56.6 Å². The lowest BCUT2D eigenvalue weighted by Gasteiger charge is -2.35. The predicted octanol–water partition coefficient (Wildman–Crippen LogP) is 2.53. The standard InChI is InChI=1S/C18H30N2O2S/c1-15-7-9-17(10-8-15)12-16(2)19(3)13-18-6-5-11-20(14-18)23(4,21)22/h7-10,16,18H,5-6,11-14H2,1-4H3/t16-,18+/m1/s1. The van der Waals surface area contributed by atoms with E-state index in [4.69, 9.17) is 0 Å². The molecule has 0 saturated carbocycles. The van der Waals surface area contributed by atoms with Crippen LogP contribution in [0.15, 0.2) is 24.3 Å². The van der Waals surface area contributed by atoms with Gasteiger partial charge in [0.2, 0.25) is 10.0 Å². The molecule has 0 aromatic heterocycles. The highest BCUT2D eigenvalue weighted by Gasteiger charge is 2.27. The first kappa shape index (κ1) is 18.4. The normalized spacial score (nSPS) is 21.5. The number of hydrogen-bond acceptors (Lipinski definition) is 3. The smallest absolute Gasteiger partial charge is 0.211 e. The van der Waals surface area contributed by atoms with Crippen LogP contribution in [-0.2, 0) is 16.4 Å². The Balaban J connectivity index is 1.87. The van der Waals surface area contributed by atoms with E-state index in [1.54, 1.807) is 4.31 Å². The summed E-state index contributed by atoms with van der Waals surface area (Å²) in [5.74, 6) is 0.434. The van der Waals surface area contributed by atoms with Gasteiger partial charge in [0, 0.05) is 25.7 Å². The molecule has 23 heavy (non-hydrogen) atoms. The van der Waals surface area contributed by atoms with Crippen molar-refractivity contribution in [3.05, 3.63) is 35.4 Å². The molecule has 130 valence electrons. The van der Waals surface area contributed by atoms with Gasteiger partial charge in [-0.1, -0.05) is 29.8 Å². The summed E-state index contributed by atoms with van der Waals surface area (Å²) in [7, 11) is -0.902. The van der Waals surface area contributed by atoms with E-state index in [9.17, 15) is 8.42 Å². The average molecular weight is 339 g/mol. The number of hydrogen-bond donors (Lipinski definition) is 0. The van der Waals surface area contributed by atoms with Crippen LogP contribution in [0.25, 0.3) is 0 Å². The summed E-state index contributed by atoms with van der Waals surface area (Å²) < 4.78 is 25.1. The van der Waals surface area contributed by atoms with Crippen molar-refractivity contribution in [2.75, 3.05) is 32.9 Å². The van der Waals surface area contributed by atoms with Gasteiger partial charge in [-0.05, 0) is 51.6 Å². The molecule has 1 aliphatic rings. The van der Waals surface area contributed by atoms with Crippen molar-refractivity contribution in [2.24, 2.45) is 5.92 Å². The van der Waals surface area contributed by atoms with Crippen molar-refractivity contribution in [2.45, 2.75) is 39.2 Å². The molecule has 0 aliphatic carbocycles. The first-order chi connectivity index (χ1) is 10.8. The number of benzene rings is 1. The molecule has 1 aromatic carbocycles.